The smallest absolute Gasteiger partial charge is 0.283 e. The first-order valence-electron chi connectivity index (χ1n) is 9.95. The molecule has 0 spiro atoms. The molecule has 0 saturated carbocycles. The molecular formula is C22H20N4O6S2. The van der Waals surface area contributed by atoms with E-state index in [0.29, 0.717) is 30.3 Å². The number of methoxy groups -OCH3 is 1. The van der Waals surface area contributed by atoms with Crippen LogP contribution in [0.3, 0.4) is 0 Å². The second-order valence-electron chi connectivity index (χ2n) is 7.12. The van der Waals surface area contributed by atoms with Crippen molar-refractivity contribution in [2.45, 2.75) is 0 Å². The summed E-state index contributed by atoms with van der Waals surface area (Å²) in [6, 6.07) is 14.1. The summed E-state index contributed by atoms with van der Waals surface area (Å²) in [5, 5.41) is 8.09. The predicted molar refractivity (Wildman–Crippen MR) is 130 cm³/mol. The van der Waals surface area contributed by atoms with Crippen molar-refractivity contribution in [1.29, 1.82) is 5.41 Å². The molecule has 0 saturated heterocycles. The van der Waals surface area contributed by atoms with Crippen LogP contribution in [-0.4, -0.2) is 62.0 Å². The minimum atomic E-state index is -3.69. The summed E-state index contributed by atoms with van der Waals surface area (Å²) in [5.74, 6) is 1.13. The van der Waals surface area contributed by atoms with Crippen LogP contribution in [0.2, 0.25) is 0 Å². The number of rotatable bonds is 7. The molecule has 0 fully saturated rings. The van der Waals surface area contributed by atoms with Gasteiger partial charge in [-0.25, -0.2) is 13.3 Å². The van der Waals surface area contributed by atoms with Crippen LogP contribution in [0.15, 0.2) is 63.5 Å². The molecule has 0 bridgehead atoms. The molecule has 2 aromatic carbocycles. The van der Waals surface area contributed by atoms with Crippen molar-refractivity contribution < 1.29 is 27.4 Å². The lowest BCUT2D eigenvalue weighted by Gasteiger charge is -2.23. The molecule has 12 heteroatoms. The zero-order valence-electron chi connectivity index (χ0n) is 18.2. The fourth-order valence-electron chi connectivity index (χ4n) is 3.06. The second-order valence-corrected chi connectivity index (χ2v) is 9.76. The Morgan fingerprint density at radius 2 is 1.56 bits per heavy atom. The number of sulfone groups is 1. The highest BCUT2D eigenvalue weighted by Crippen LogP contribution is 2.29. The third-order valence-electron chi connectivity index (χ3n) is 4.70. The fraction of sp³-hybridized carbons (Fsp3) is 0.182. The minimum absolute atomic E-state index is 0.0378. The molecule has 0 unspecified atom stereocenters. The number of benzene rings is 2. The van der Waals surface area contributed by atoms with Gasteiger partial charge in [-0.2, -0.15) is 9.39 Å². The van der Waals surface area contributed by atoms with Gasteiger partial charge in [0.15, 0.2) is 0 Å². The first kappa shape index (κ1) is 23.5. The van der Waals surface area contributed by atoms with E-state index in [1.54, 1.807) is 31.4 Å². The molecule has 10 nitrogen and oxygen atoms in total. The van der Waals surface area contributed by atoms with Gasteiger partial charge in [-0.05, 0) is 48.0 Å². The van der Waals surface area contributed by atoms with Gasteiger partial charge in [0.05, 0.1) is 24.6 Å². The topological polar surface area (TPSA) is 131 Å². The van der Waals surface area contributed by atoms with Crippen molar-refractivity contribution in [3.8, 4) is 17.2 Å². The number of carbonyl (C=O) groups excluding carboxylic acids is 1. The van der Waals surface area contributed by atoms with Crippen molar-refractivity contribution in [3.63, 3.8) is 0 Å². The molecule has 0 aromatic heterocycles. The van der Waals surface area contributed by atoms with E-state index < -0.39 is 15.7 Å². The Bertz CT molecular complexity index is 1320. The lowest BCUT2D eigenvalue weighted by molar-refractivity contribution is -0.114. The molecule has 1 amide bonds. The summed E-state index contributed by atoms with van der Waals surface area (Å²) in [6.07, 6.45) is 2.47. The van der Waals surface area contributed by atoms with E-state index in [2.05, 4.69) is 9.39 Å². The van der Waals surface area contributed by atoms with Crippen molar-refractivity contribution in [3.05, 3.63) is 59.7 Å². The Balaban J connectivity index is 1.38. The summed E-state index contributed by atoms with van der Waals surface area (Å²) < 4.78 is 44.2. The molecule has 0 aliphatic carbocycles. The summed E-state index contributed by atoms with van der Waals surface area (Å²) in [6.45, 7) is 0.676. The van der Waals surface area contributed by atoms with Gasteiger partial charge in [-0.1, -0.05) is 12.1 Å². The van der Waals surface area contributed by atoms with E-state index in [9.17, 15) is 13.2 Å². The molecule has 34 heavy (non-hydrogen) atoms. The van der Waals surface area contributed by atoms with Crippen molar-refractivity contribution in [2.24, 2.45) is 9.39 Å². The van der Waals surface area contributed by atoms with Crippen LogP contribution in [0.4, 0.5) is 0 Å². The van der Waals surface area contributed by atoms with Crippen LogP contribution in [0.25, 0.3) is 6.08 Å². The summed E-state index contributed by atoms with van der Waals surface area (Å²) in [5.41, 5.74) is 0.586. The van der Waals surface area contributed by atoms with Crippen molar-refractivity contribution >= 4 is 49.9 Å². The van der Waals surface area contributed by atoms with Gasteiger partial charge in [0.2, 0.25) is 20.2 Å². The highest BCUT2D eigenvalue weighted by Gasteiger charge is 2.41. The molecule has 1 N–H and O–H groups in total. The average Bonchev–Trinajstić information content (AvgIpc) is 3.25. The lowest BCUT2D eigenvalue weighted by Crippen LogP contribution is -2.45. The van der Waals surface area contributed by atoms with Gasteiger partial charge in [0, 0.05) is 6.26 Å². The normalized spacial score (nSPS) is 16.8. The summed E-state index contributed by atoms with van der Waals surface area (Å²) in [7, 11) is -2.10. The maximum Gasteiger partial charge on any atom is 0.283 e. The summed E-state index contributed by atoms with van der Waals surface area (Å²) >= 11 is 0.752. The minimum Gasteiger partial charge on any atom is -0.497 e. The van der Waals surface area contributed by atoms with Crippen LogP contribution < -0.4 is 14.2 Å². The Hall–Kier alpha value is -3.64. The maximum atomic E-state index is 12.4. The molecule has 0 atom stereocenters. The number of ether oxygens (including phenoxy) is 3. The zero-order valence-corrected chi connectivity index (χ0v) is 19.9. The van der Waals surface area contributed by atoms with Gasteiger partial charge in [0.1, 0.15) is 36.3 Å². The van der Waals surface area contributed by atoms with Crippen LogP contribution in [-0.2, 0) is 14.6 Å². The second kappa shape index (κ2) is 9.69. The number of aliphatic imine (C=N–C) groups is 1. The van der Waals surface area contributed by atoms with Crippen molar-refractivity contribution in [2.75, 3.05) is 26.6 Å². The Kier molecular flexibility index (Phi) is 6.70. The van der Waals surface area contributed by atoms with E-state index in [4.69, 9.17) is 19.6 Å². The first-order chi connectivity index (χ1) is 16.3. The van der Waals surface area contributed by atoms with Gasteiger partial charge in [-0.3, -0.25) is 10.2 Å². The van der Waals surface area contributed by atoms with Gasteiger partial charge < -0.3 is 14.2 Å². The Morgan fingerprint density at radius 3 is 2.12 bits per heavy atom. The molecule has 2 heterocycles. The van der Waals surface area contributed by atoms with E-state index in [0.717, 1.165) is 28.9 Å². The lowest BCUT2D eigenvalue weighted by atomic mass is 10.1. The number of hydrogen-bond donors (Lipinski definition) is 1. The van der Waals surface area contributed by atoms with Crippen LogP contribution in [0.5, 0.6) is 17.2 Å². The van der Waals surface area contributed by atoms with E-state index in [-0.39, 0.29) is 21.7 Å². The standard InChI is InChI=1S/C22H20N4O6S2/c1-30-15-7-9-17(10-8-15)32-12-11-31-16-5-3-14(4-6-16)13-18-19(23)26-21(24-20(18)27)33-25-22(26)34(2,28)29/h3-10,13,23H,11-12H2,1-2H3/b18-13-,23-19?. The maximum absolute atomic E-state index is 12.4. The number of fused-ring (bicyclic) bond motifs is 1. The van der Waals surface area contributed by atoms with Crippen LogP contribution in [0, 0.1) is 5.41 Å². The third-order valence-corrected chi connectivity index (χ3v) is 6.45. The summed E-state index contributed by atoms with van der Waals surface area (Å²) in [4.78, 5) is 17.4. The number of carbonyl (C=O) groups is 1. The van der Waals surface area contributed by atoms with E-state index in [1.165, 1.54) is 6.08 Å². The van der Waals surface area contributed by atoms with E-state index in [1.807, 2.05) is 24.3 Å². The molecular weight excluding hydrogens is 480 g/mol. The van der Waals surface area contributed by atoms with Crippen molar-refractivity contribution in [1.82, 2.24) is 4.90 Å². The number of amidine groups is 3. The quantitative estimate of drug-likeness (QED) is 0.349. The van der Waals surface area contributed by atoms with Crippen LogP contribution >= 0.6 is 11.9 Å². The predicted octanol–water partition coefficient (Wildman–Crippen LogP) is 2.77. The Labute approximate surface area is 200 Å². The largest absolute Gasteiger partial charge is 0.497 e. The SMILES string of the molecule is COc1ccc(OCCOc2ccc(/C=C3/C(=N)N4C(=NC3=O)SN=C4S(C)(=O)=O)cc2)cc1. The fourth-order valence-corrected chi connectivity index (χ4v) is 4.90. The number of amides is 1. The highest BCUT2D eigenvalue weighted by molar-refractivity contribution is 8.16. The average molecular weight is 501 g/mol. The highest BCUT2D eigenvalue weighted by atomic mass is 32.2. The first-order valence-corrected chi connectivity index (χ1v) is 12.6. The number of hydrogen-bond acceptors (Lipinski definition) is 9. The molecule has 0 radical (unpaired) electrons. The van der Waals surface area contributed by atoms with Crippen LogP contribution in [0.1, 0.15) is 5.56 Å². The molecule has 2 aromatic rings. The zero-order chi connectivity index (χ0) is 24.3. The van der Waals surface area contributed by atoms with Gasteiger partial charge >= 0.3 is 0 Å². The van der Waals surface area contributed by atoms with Gasteiger partial charge in [0.25, 0.3) is 5.91 Å². The molecule has 2 aliphatic rings. The molecule has 4 rings (SSSR count). The third kappa shape index (κ3) is 5.13. The molecule has 176 valence electrons. The van der Waals surface area contributed by atoms with E-state index >= 15 is 0 Å². The van der Waals surface area contributed by atoms with Gasteiger partial charge in [-0.15, -0.1) is 0 Å². The Morgan fingerprint density at radius 1 is 1.00 bits per heavy atom. The number of nitrogens with one attached hydrogen (secondary N) is 1. The number of nitrogens with zero attached hydrogens (tertiary/aromatic N) is 3. The monoisotopic (exact) mass is 500 g/mol. The molecule has 2 aliphatic heterocycles.